The third-order valence-corrected chi connectivity index (χ3v) is 2.33. The van der Waals surface area contributed by atoms with E-state index in [-0.39, 0.29) is 0 Å². The lowest BCUT2D eigenvalue weighted by Crippen LogP contribution is -1.81. The molecule has 0 aliphatic rings. The molecule has 17 heavy (non-hydrogen) atoms. The van der Waals surface area contributed by atoms with Crippen LogP contribution in [0.5, 0.6) is 0 Å². The number of carbonyl (C=O) groups is 1. The SMILES string of the molecule is O=CCCc1cc(C=Cc2ccccc2)no1. The van der Waals surface area contributed by atoms with Crippen molar-refractivity contribution >= 4 is 18.4 Å². The molecule has 0 aliphatic heterocycles. The Morgan fingerprint density at radius 2 is 2.00 bits per heavy atom. The molecule has 1 heterocycles. The predicted molar refractivity (Wildman–Crippen MR) is 66.3 cm³/mol. The van der Waals surface area contributed by atoms with Crippen LogP contribution in [-0.4, -0.2) is 11.4 Å². The van der Waals surface area contributed by atoms with Gasteiger partial charge >= 0.3 is 0 Å². The molecule has 0 radical (unpaired) electrons. The Balaban J connectivity index is 2.01. The molecular weight excluding hydrogens is 214 g/mol. The lowest BCUT2D eigenvalue weighted by atomic mass is 10.2. The molecule has 1 aromatic heterocycles. The smallest absolute Gasteiger partial charge is 0.137 e. The van der Waals surface area contributed by atoms with Gasteiger partial charge in [0, 0.05) is 18.9 Å². The first-order valence-corrected chi connectivity index (χ1v) is 5.51. The van der Waals surface area contributed by atoms with Gasteiger partial charge in [-0.3, -0.25) is 0 Å². The van der Waals surface area contributed by atoms with Gasteiger partial charge in [0.2, 0.25) is 0 Å². The van der Waals surface area contributed by atoms with Gasteiger partial charge < -0.3 is 9.32 Å². The summed E-state index contributed by atoms with van der Waals surface area (Å²) in [6.45, 7) is 0. The standard InChI is InChI=1S/C14H13NO2/c16-10-4-7-14-11-13(15-17-14)9-8-12-5-2-1-3-6-12/h1-3,5-6,8-11H,4,7H2. The van der Waals surface area contributed by atoms with Crippen molar-refractivity contribution in [1.82, 2.24) is 5.16 Å². The molecule has 0 unspecified atom stereocenters. The van der Waals surface area contributed by atoms with Gasteiger partial charge in [-0.05, 0) is 11.6 Å². The summed E-state index contributed by atoms with van der Waals surface area (Å²) >= 11 is 0. The molecule has 86 valence electrons. The van der Waals surface area contributed by atoms with Crippen molar-refractivity contribution in [2.24, 2.45) is 0 Å². The fourth-order valence-corrected chi connectivity index (χ4v) is 1.47. The summed E-state index contributed by atoms with van der Waals surface area (Å²) in [4.78, 5) is 10.2. The monoisotopic (exact) mass is 227 g/mol. The number of aldehydes is 1. The molecule has 2 aromatic rings. The van der Waals surface area contributed by atoms with E-state index in [1.807, 2.05) is 48.6 Å². The maximum Gasteiger partial charge on any atom is 0.137 e. The Morgan fingerprint density at radius 3 is 2.76 bits per heavy atom. The van der Waals surface area contributed by atoms with E-state index in [1.54, 1.807) is 0 Å². The summed E-state index contributed by atoms with van der Waals surface area (Å²) in [7, 11) is 0. The Hall–Kier alpha value is -2.16. The van der Waals surface area contributed by atoms with Gasteiger partial charge in [-0.25, -0.2) is 0 Å². The van der Waals surface area contributed by atoms with Crippen LogP contribution in [0.4, 0.5) is 0 Å². The molecule has 0 bridgehead atoms. The maximum absolute atomic E-state index is 10.2. The topological polar surface area (TPSA) is 43.1 Å². The summed E-state index contributed by atoms with van der Waals surface area (Å²) in [5.41, 5.74) is 1.89. The Morgan fingerprint density at radius 1 is 1.18 bits per heavy atom. The Labute approximate surface area is 99.8 Å². The van der Waals surface area contributed by atoms with E-state index < -0.39 is 0 Å². The van der Waals surface area contributed by atoms with Gasteiger partial charge in [0.15, 0.2) is 0 Å². The number of carbonyl (C=O) groups excluding carboxylic acids is 1. The first-order valence-electron chi connectivity index (χ1n) is 5.51. The van der Waals surface area contributed by atoms with Crippen LogP contribution in [0, 0.1) is 0 Å². The fourth-order valence-electron chi connectivity index (χ4n) is 1.47. The van der Waals surface area contributed by atoms with Crippen molar-refractivity contribution in [1.29, 1.82) is 0 Å². The molecule has 0 fully saturated rings. The van der Waals surface area contributed by atoms with E-state index in [9.17, 15) is 4.79 Å². The van der Waals surface area contributed by atoms with Crippen LogP contribution < -0.4 is 0 Å². The number of benzene rings is 1. The van der Waals surface area contributed by atoms with Crippen LogP contribution in [0.3, 0.4) is 0 Å². The predicted octanol–water partition coefficient (Wildman–Crippen LogP) is 2.98. The number of aryl methyl sites for hydroxylation is 1. The summed E-state index contributed by atoms with van der Waals surface area (Å²) in [6, 6.07) is 11.8. The van der Waals surface area contributed by atoms with Crippen molar-refractivity contribution in [2.75, 3.05) is 0 Å². The average Bonchev–Trinajstić information content (AvgIpc) is 2.83. The third kappa shape index (κ3) is 3.41. The molecule has 0 saturated heterocycles. The van der Waals surface area contributed by atoms with Crippen molar-refractivity contribution in [3.05, 3.63) is 53.4 Å². The first kappa shape index (κ1) is 11.3. The van der Waals surface area contributed by atoms with E-state index in [1.165, 1.54) is 0 Å². The van der Waals surface area contributed by atoms with Crippen molar-refractivity contribution in [3.8, 4) is 0 Å². The zero-order valence-electron chi connectivity index (χ0n) is 9.37. The molecule has 0 amide bonds. The molecule has 2 rings (SSSR count). The second-order valence-corrected chi connectivity index (χ2v) is 3.67. The average molecular weight is 227 g/mol. The molecular formula is C14H13NO2. The van der Waals surface area contributed by atoms with Crippen molar-refractivity contribution in [2.45, 2.75) is 12.8 Å². The molecule has 0 aliphatic carbocycles. The quantitative estimate of drug-likeness (QED) is 0.737. The van der Waals surface area contributed by atoms with E-state index >= 15 is 0 Å². The van der Waals surface area contributed by atoms with E-state index in [0.717, 1.165) is 23.3 Å². The molecule has 0 atom stereocenters. The van der Waals surface area contributed by atoms with Crippen LogP contribution in [0.25, 0.3) is 12.2 Å². The van der Waals surface area contributed by atoms with Gasteiger partial charge in [-0.2, -0.15) is 0 Å². The second-order valence-electron chi connectivity index (χ2n) is 3.67. The normalized spacial score (nSPS) is 10.8. The first-order chi connectivity index (χ1) is 8.38. The molecule has 0 saturated carbocycles. The highest BCUT2D eigenvalue weighted by atomic mass is 16.5. The minimum Gasteiger partial charge on any atom is -0.361 e. The zero-order chi connectivity index (χ0) is 11.9. The summed E-state index contributed by atoms with van der Waals surface area (Å²) < 4.78 is 5.09. The molecule has 0 N–H and O–H groups in total. The highest BCUT2D eigenvalue weighted by molar-refractivity contribution is 5.67. The lowest BCUT2D eigenvalue weighted by molar-refractivity contribution is -0.107. The number of nitrogens with zero attached hydrogens (tertiary/aromatic N) is 1. The number of hydrogen-bond donors (Lipinski definition) is 0. The van der Waals surface area contributed by atoms with Crippen LogP contribution in [0.1, 0.15) is 23.4 Å². The van der Waals surface area contributed by atoms with Gasteiger partial charge in [0.1, 0.15) is 17.7 Å². The summed E-state index contributed by atoms with van der Waals surface area (Å²) in [6.07, 6.45) is 5.82. The highest BCUT2D eigenvalue weighted by Crippen LogP contribution is 2.10. The number of hydrogen-bond acceptors (Lipinski definition) is 3. The van der Waals surface area contributed by atoms with Crippen molar-refractivity contribution in [3.63, 3.8) is 0 Å². The number of rotatable bonds is 5. The van der Waals surface area contributed by atoms with E-state index in [2.05, 4.69) is 5.16 Å². The largest absolute Gasteiger partial charge is 0.361 e. The third-order valence-electron chi connectivity index (χ3n) is 2.33. The molecule has 1 aromatic carbocycles. The highest BCUT2D eigenvalue weighted by Gasteiger charge is 2.00. The minimum absolute atomic E-state index is 0.469. The minimum atomic E-state index is 0.469. The van der Waals surface area contributed by atoms with Crippen LogP contribution >= 0.6 is 0 Å². The molecule has 3 heteroatoms. The van der Waals surface area contributed by atoms with Gasteiger partial charge in [0.25, 0.3) is 0 Å². The lowest BCUT2D eigenvalue weighted by Gasteiger charge is -1.88. The zero-order valence-corrected chi connectivity index (χ0v) is 9.37. The van der Waals surface area contributed by atoms with Crippen LogP contribution in [-0.2, 0) is 11.2 Å². The number of aromatic nitrogens is 1. The maximum atomic E-state index is 10.2. The van der Waals surface area contributed by atoms with Crippen LogP contribution in [0.2, 0.25) is 0 Å². The molecule has 3 nitrogen and oxygen atoms in total. The van der Waals surface area contributed by atoms with Crippen molar-refractivity contribution < 1.29 is 9.32 Å². The molecule has 0 spiro atoms. The van der Waals surface area contributed by atoms with Gasteiger partial charge in [0.05, 0.1) is 0 Å². The Bertz CT molecular complexity index is 500. The fraction of sp³-hybridized carbons (Fsp3) is 0.143. The Kier molecular flexibility index (Phi) is 3.86. The second kappa shape index (κ2) is 5.80. The summed E-state index contributed by atoms with van der Waals surface area (Å²) in [5.74, 6) is 0.741. The van der Waals surface area contributed by atoms with Crippen LogP contribution in [0.15, 0.2) is 40.9 Å². The van der Waals surface area contributed by atoms with Gasteiger partial charge in [-0.1, -0.05) is 41.6 Å². The van der Waals surface area contributed by atoms with Gasteiger partial charge in [-0.15, -0.1) is 0 Å². The summed E-state index contributed by atoms with van der Waals surface area (Å²) in [5, 5.41) is 3.91. The van der Waals surface area contributed by atoms with E-state index in [0.29, 0.717) is 12.8 Å². The van der Waals surface area contributed by atoms with E-state index in [4.69, 9.17) is 4.52 Å².